The average molecular weight is 297 g/mol. The van der Waals surface area contributed by atoms with E-state index in [9.17, 15) is 20.4 Å². The van der Waals surface area contributed by atoms with Crippen LogP contribution in [0.5, 0.6) is 0 Å². The molecule has 1 aromatic rings. The number of hydrogen-bond acceptors (Lipinski definition) is 6. The molecule has 110 valence electrons. The summed E-state index contributed by atoms with van der Waals surface area (Å²) in [6.45, 7) is 0.552. The lowest BCUT2D eigenvalue weighted by molar-refractivity contribution is -0.0696. The van der Waals surface area contributed by atoms with Gasteiger partial charge in [-0.3, -0.25) is 0 Å². The summed E-state index contributed by atoms with van der Waals surface area (Å²) >= 11 is 1.33. The number of aliphatic hydroxyl groups excluding tert-OH is 4. The number of nitrogens with zero attached hydrogens (tertiary/aromatic N) is 1. The number of aliphatic hydroxyl groups is 4. The van der Waals surface area contributed by atoms with Crippen molar-refractivity contribution in [2.45, 2.75) is 35.4 Å². The second kappa shape index (κ2) is 5.54. The Morgan fingerprint density at radius 1 is 1.10 bits per heavy atom. The van der Waals surface area contributed by atoms with Gasteiger partial charge >= 0.3 is 0 Å². The van der Waals surface area contributed by atoms with E-state index in [-0.39, 0.29) is 12.0 Å². The van der Waals surface area contributed by atoms with Crippen molar-refractivity contribution in [2.24, 2.45) is 0 Å². The van der Waals surface area contributed by atoms with Gasteiger partial charge in [-0.1, -0.05) is 18.2 Å². The number of benzene rings is 1. The minimum atomic E-state index is -1.23. The van der Waals surface area contributed by atoms with Crippen molar-refractivity contribution in [1.82, 2.24) is 0 Å². The Balaban J connectivity index is 1.87. The van der Waals surface area contributed by atoms with Crippen molar-refractivity contribution in [3.05, 3.63) is 29.8 Å². The molecular formula is C14H19NO4S. The first kappa shape index (κ1) is 14.2. The smallest absolute Gasteiger partial charge is 0.112 e. The minimum absolute atomic E-state index is 0.221. The molecule has 0 aliphatic carbocycles. The van der Waals surface area contributed by atoms with E-state index in [1.807, 2.05) is 18.2 Å². The lowest BCUT2D eigenvalue weighted by atomic mass is 10.0. The molecule has 4 N–H and O–H groups in total. The molecule has 0 aromatic heterocycles. The highest BCUT2D eigenvalue weighted by atomic mass is 32.2. The lowest BCUT2D eigenvalue weighted by Gasteiger charge is -2.44. The molecule has 2 aliphatic rings. The van der Waals surface area contributed by atoms with Gasteiger partial charge < -0.3 is 25.3 Å². The topological polar surface area (TPSA) is 84.2 Å². The van der Waals surface area contributed by atoms with Gasteiger partial charge in [0.2, 0.25) is 0 Å². The lowest BCUT2D eigenvalue weighted by Crippen LogP contribution is -2.58. The molecule has 0 saturated carbocycles. The summed E-state index contributed by atoms with van der Waals surface area (Å²) in [6.07, 6.45) is -2.47. The maximum absolute atomic E-state index is 10.3. The molecule has 6 heteroatoms. The molecule has 5 nitrogen and oxygen atoms in total. The number of fused-ring (bicyclic) bond motifs is 1. The molecule has 20 heavy (non-hydrogen) atoms. The zero-order valence-electron chi connectivity index (χ0n) is 11.0. The number of rotatable bonds is 2. The van der Waals surface area contributed by atoms with Gasteiger partial charge in [-0.15, -0.1) is 11.8 Å². The van der Waals surface area contributed by atoms with Crippen molar-refractivity contribution < 1.29 is 20.4 Å². The third-order valence-electron chi connectivity index (χ3n) is 4.10. The van der Waals surface area contributed by atoms with Gasteiger partial charge in [0.15, 0.2) is 0 Å². The molecule has 1 aromatic carbocycles. The fraction of sp³-hybridized carbons (Fsp3) is 0.571. The summed E-state index contributed by atoms with van der Waals surface area (Å²) in [4.78, 5) is 2.06. The van der Waals surface area contributed by atoms with Crippen LogP contribution >= 0.6 is 11.8 Å². The molecule has 0 amide bonds. The van der Waals surface area contributed by atoms with E-state index in [1.54, 1.807) is 0 Å². The fourth-order valence-corrected chi connectivity index (χ4v) is 4.42. The van der Waals surface area contributed by atoms with Crippen molar-refractivity contribution in [3.8, 4) is 0 Å². The molecular weight excluding hydrogens is 278 g/mol. The van der Waals surface area contributed by atoms with Gasteiger partial charge in [-0.2, -0.15) is 0 Å². The third kappa shape index (κ3) is 2.21. The molecule has 2 aliphatic heterocycles. The van der Waals surface area contributed by atoms with Crippen LogP contribution in [0.15, 0.2) is 24.3 Å². The maximum Gasteiger partial charge on any atom is 0.112 e. The normalized spacial score (nSPS) is 37.0. The predicted octanol–water partition coefficient (Wildman–Crippen LogP) is -0.434. The van der Waals surface area contributed by atoms with E-state index in [0.29, 0.717) is 0 Å². The molecule has 2 heterocycles. The Hall–Kier alpha value is -0.790. The van der Waals surface area contributed by atoms with Crippen molar-refractivity contribution in [1.29, 1.82) is 0 Å². The Morgan fingerprint density at radius 2 is 1.85 bits per heavy atom. The van der Waals surface area contributed by atoms with Crippen LogP contribution < -0.4 is 4.90 Å². The summed E-state index contributed by atoms with van der Waals surface area (Å²) in [7, 11) is 0. The second-order valence-corrected chi connectivity index (χ2v) is 6.65. The minimum Gasteiger partial charge on any atom is -0.395 e. The summed E-state index contributed by atoms with van der Waals surface area (Å²) in [5, 5.41) is 38.6. The van der Waals surface area contributed by atoms with E-state index in [1.165, 1.54) is 17.3 Å². The molecule has 1 fully saturated rings. The number of anilines is 1. The van der Waals surface area contributed by atoms with Crippen molar-refractivity contribution in [2.75, 3.05) is 18.1 Å². The predicted molar refractivity (Wildman–Crippen MR) is 77.8 cm³/mol. The third-order valence-corrected chi connectivity index (χ3v) is 5.69. The largest absolute Gasteiger partial charge is 0.395 e. The van der Waals surface area contributed by atoms with Crippen LogP contribution in [0.3, 0.4) is 0 Å². The van der Waals surface area contributed by atoms with Gasteiger partial charge in [-0.25, -0.2) is 0 Å². The standard InChI is InChI=1S/C14H19NO4S/c16-7-10-11(17)12(18)13(19)14(20-10)15-6-5-8-3-1-2-4-9(8)15/h1-4,10-14,16-19H,5-7H2/t10-,11+,12-,13+,14-/m0/s1. The Bertz CT molecular complexity index is 484. The average Bonchev–Trinajstić information content (AvgIpc) is 2.89. The highest BCUT2D eigenvalue weighted by Gasteiger charge is 2.46. The van der Waals surface area contributed by atoms with Crippen molar-refractivity contribution in [3.63, 3.8) is 0 Å². The van der Waals surface area contributed by atoms with Crippen LogP contribution in [0.4, 0.5) is 5.69 Å². The van der Waals surface area contributed by atoms with Gasteiger partial charge in [0.05, 0.1) is 18.0 Å². The van der Waals surface area contributed by atoms with Crippen LogP contribution in [0, 0.1) is 0 Å². The van der Waals surface area contributed by atoms with E-state index < -0.39 is 23.6 Å². The van der Waals surface area contributed by atoms with E-state index in [0.717, 1.165) is 18.7 Å². The Morgan fingerprint density at radius 3 is 2.60 bits per heavy atom. The second-order valence-electron chi connectivity index (χ2n) is 5.29. The molecule has 1 saturated heterocycles. The number of hydrogen-bond donors (Lipinski definition) is 4. The summed E-state index contributed by atoms with van der Waals surface area (Å²) in [5.41, 5.74) is 2.28. The first-order valence-electron chi connectivity index (χ1n) is 6.78. The summed E-state index contributed by atoms with van der Waals surface area (Å²) < 4.78 is 0. The molecule has 0 unspecified atom stereocenters. The van der Waals surface area contributed by atoms with Crippen LogP contribution in [0.2, 0.25) is 0 Å². The zero-order chi connectivity index (χ0) is 14.3. The van der Waals surface area contributed by atoms with Crippen LogP contribution in [0.1, 0.15) is 5.56 Å². The van der Waals surface area contributed by atoms with Crippen molar-refractivity contribution >= 4 is 17.4 Å². The van der Waals surface area contributed by atoms with Gasteiger partial charge in [0, 0.05) is 12.2 Å². The molecule has 3 rings (SSSR count). The first-order chi connectivity index (χ1) is 9.63. The maximum atomic E-state index is 10.3. The fourth-order valence-electron chi connectivity index (χ4n) is 2.97. The van der Waals surface area contributed by atoms with E-state index in [2.05, 4.69) is 11.0 Å². The SMILES string of the molecule is OC[C@@H]1S[C@H](N2CCc3ccccc32)[C@H](O)[C@@H](O)[C@@H]1O. The quantitative estimate of drug-likeness (QED) is 0.593. The molecule has 0 radical (unpaired) electrons. The molecule has 0 bridgehead atoms. The highest BCUT2D eigenvalue weighted by molar-refractivity contribution is 8.00. The first-order valence-corrected chi connectivity index (χ1v) is 7.73. The van der Waals surface area contributed by atoms with Gasteiger partial charge in [-0.05, 0) is 18.1 Å². The van der Waals surface area contributed by atoms with E-state index in [4.69, 9.17) is 0 Å². The van der Waals surface area contributed by atoms with E-state index >= 15 is 0 Å². The zero-order valence-corrected chi connectivity index (χ0v) is 11.8. The van der Waals surface area contributed by atoms with Crippen LogP contribution in [-0.4, -0.2) is 62.5 Å². The summed E-state index contributed by atoms with van der Waals surface area (Å²) in [6, 6.07) is 8.00. The monoisotopic (exact) mass is 297 g/mol. The van der Waals surface area contributed by atoms with Gasteiger partial charge in [0.1, 0.15) is 17.6 Å². The molecule has 5 atom stereocenters. The summed E-state index contributed by atoms with van der Waals surface area (Å²) in [5.74, 6) is 0. The Kier molecular flexibility index (Phi) is 3.92. The Labute approximate surface area is 121 Å². The number of para-hydroxylation sites is 1. The molecule has 0 spiro atoms. The highest BCUT2D eigenvalue weighted by Crippen LogP contribution is 2.40. The van der Waals surface area contributed by atoms with Crippen LogP contribution in [-0.2, 0) is 6.42 Å². The van der Waals surface area contributed by atoms with Gasteiger partial charge in [0.25, 0.3) is 0 Å². The van der Waals surface area contributed by atoms with Crippen LogP contribution in [0.25, 0.3) is 0 Å². The number of thioether (sulfide) groups is 1.